The third-order valence-corrected chi connectivity index (χ3v) is 7.75. The van der Waals surface area contributed by atoms with Crippen molar-refractivity contribution >= 4 is 11.9 Å². The maximum Gasteiger partial charge on any atom is 0.305 e. The van der Waals surface area contributed by atoms with Gasteiger partial charge in [0.2, 0.25) is 0 Å². The smallest absolute Gasteiger partial charge is 0.305 e. The molecule has 4 heteroatoms. The Balaban J connectivity index is 3.04. The van der Waals surface area contributed by atoms with Crippen LogP contribution in [-0.4, -0.2) is 24.2 Å². The van der Waals surface area contributed by atoms with Gasteiger partial charge in [0, 0.05) is 12.8 Å². The zero-order valence-corrected chi connectivity index (χ0v) is 24.9. The number of esters is 1. The Kier molecular flexibility index (Phi) is 30.3. The summed E-state index contributed by atoms with van der Waals surface area (Å²) < 4.78 is 4.67. The van der Waals surface area contributed by atoms with E-state index in [1.807, 2.05) is 0 Å². The van der Waals surface area contributed by atoms with Gasteiger partial charge < -0.3 is 9.84 Å². The van der Waals surface area contributed by atoms with E-state index in [9.17, 15) is 9.59 Å². The number of rotatable bonds is 31. The van der Waals surface area contributed by atoms with Crippen LogP contribution in [0.4, 0.5) is 0 Å². The maximum absolute atomic E-state index is 11.0. The van der Waals surface area contributed by atoms with Gasteiger partial charge in [-0.2, -0.15) is 0 Å². The molecule has 0 radical (unpaired) electrons. The molecule has 0 atom stereocenters. The fourth-order valence-electron chi connectivity index (χ4n) is 5.24. The number of methoxy groups -OCH3 is 1. The number of unbranched alkanes of at least 4 members (excludes halogenated alkanes) is 27. The quantitative estimate of drug-likeness (QED) is 0.0723. The van der Waals surface area contributed by atoms with E-state index in [1.54, 1.807) is 0 Å². The largest absolute Gasteiger partial charge is 0.481 e. The van der Waals surface area contributed by atoms with E-state index in [-0.39, 0.29) is 5.97 Å². The number of ether oxygens (including phenoxy) is 1. The highest BCUT2D eigenvalue weighted by atomic mass is 16.5. The van der Waals surface area contributed by atoms with Crippen LogP contribution in [0.1, 0.15) is 193 Å². The maximum atomic E-state index is 11.0. The standard InChI is InChI=1S/C33H64O4/c1-37-33(36)31-29-27-25-23-21-19-17-15-13-11-9-7-5-3-2-4-6-8-10-12-14-16-18-20-22-24-26-28-30-32(34)35/h2-31H2,1H3,(H,34,35). The Morgan fingerprint density at radius 1 is 0.378 bits per heavy atom. The van der Waals surface area contributed by atoms with Crippen molar-refractivity contribution in [3.8, 4) is 0 Å². The third kappa shape index (κ3) is 32.9. The second-order valence-corrected chi connectivity index (χ2v) is 11.4. The summed E-state index contributed by atoms with van der Waals surface area (Å²) >= 11 is 0. The highest BCUT2D eigenvalue weighted by molar-refractivity contribution is 5.69. The molecular weight excluding hydrogens is 460 g/mol. The molecule has 0 heterocycles. The van der Waals surface area contributed by atoms with Crippen LogP contribution in [0.3, 0.4) is 0 Å². The van der Waals surface area contributed by atoms with Gasteiger partial charge in [0.05, 0.1) is 7.11 Å². The molecule has 0 spiro atoms. The number of carboxylic acid groups (broad SMARTS) is 1. The SMILES string of the molecule is COC(=O)CCCCCCCCCCCCCCCCCCCCCCCCCCCCCCC(=O)O. The molecule has 0 amide bonds. The Labute approximate surface area is 231 Å². The second-order valence-electron chi connectivity index (χ2n) is 11.4. The van der Waals surface area contributed by atoms with Crippen LogP contribution in [0.5, 0.6) is 0 Å². The molecule has 4 nitrogen and oxygen atoms in total. The molecule has 0 aliphatic rings. The Morgan fingerprint density at radius 2 is 0.568 bits per heavy atom. The molecule has 0 saturated heterocycles. The lowest BCUT2D eigenvalue weighted by atomic mass is 10.0. The van der Waals surface area contributed by atoms with Crippen molar-refractivity contribution in [1.82, 2.24) is 0 Å². The van der Waals surface area contributed by atoms with Gasteiger partial charge in [0.25, 0.3) is 0 Å². The van der Waals surface area contributed by atoms with Crippen LogP contribution in [0.15, 0.2) is 0 Å². The van der Waals surface area contributed by atoms with Gasteiger partial charge >= 0.3 is 11.9 Å². The third-order valence-electron chi connectivity index (χ3n) is 7.75. The Bertz CT molecular complexity index is 477. The molecule has 0 aromatic heterocycles. The van der Waals surface area contributed by atoms with Crippen molar-refractivity contribution in [2.75, 3.05) is 7.11 Å². The predicted octanol–water partition coefficient (Wildman–Crippen LogP) is 10.9. The first-order chi connectivity index (χ1) is 18.2. The number of carbonyl (C=O) groups excluding carboxylic acids is 1. The normalized spacial score (nSPS) is 11.2. The average molecular weight is 525 g/mol. The van der Waals surface area contributed by atoms with Crippen LogP contribution in [0.2, 0.25) is 0 Å². The highest BCUT2D eigenvalue weighted by Crippen LogP contribution is 2.16. The van der Waals surface area contributed by atoms with Crippen molar-refractivity contribution in [3.63, 3.8) is 0 Å². The van der Waals surface area contributed by atoms with Crippen molar-refractivity contribution in [2.45, 2.75) is 193 Å². The average Bonchev–Trinajstić information content (AvgIpc) is 2.89. The first-order valence-corrected chi connectivity index (χ1v) is 16.5. The fourth-order valence-corrected chi connectivity index (χ4v) is 5.24. The summed E-state index contributed by atoms with van der Waals surface area (Å²) in [6, 6.07) is 0. The number of hydrogen-bond donors (Lipinski definition) is 1. The van der Waals surface area contributed by atoms with E-state index in [0.717, 1.165) is 25.7 Å². The summed E-state index contributed by atoms with van der Waals surface area (Å²) in [5, 5.41) is 8.62. The van der Waals surface area contributed by atoms with Crippen LogP contribution in [0.25, 0.3) is 0 Å². The topological polar surface area (TPSA) is 63.6 Å². The summed E-state index contributed by atoms with van der Waals surface area (Å²) in [6.07, 6.45) is 38.3. The van der Waals surface area contributed by atoms with Gasteiger partial charge in [-0.15, -0.1) is 0 Å². The van der Waals surface area contributed by atoms with Gasteiger partial charge in [0.15, 0.2) is 0 Å². The highest BCUT2D eigenvalue weighted by Gasteiger charge is 2.00. The molecule has 0 aromatic rings. The van der Waals surface area contributed by atoms with Crippen LogP contribution < -0.4 is 0 Å². The van der Waals surface area contributed by atoms with Gasteiger partial charge in [-0.05, 0) is 12.8 Å². The number of carboxylic acids is 1. The van der Waals surface area contributed by atoms with E-state index in [1.165, 1.54) is 161 Å². The van der Waals surface area contributed by atoms with E-state index in [2.05, 4.69) is 4.74 Å². The molecule has 0 aliphatic carbocycles. The molecule has 0 fully saturated rings. The van der Waals surface area contributed by atoms with Gasteiger partial charge in [-0.25, -0.2) is 0 Å². The Morgan fingerprint density at radius 3 is 0.757 bits per heavy atom. The van der Waals surface area contributed by atoms with Gasteiger partial charge in [0.1, 0.15) is 0 Å². The summed E-state index contributed by atoms with van der Waals surface area (Å²) in [5.41, 5.74) is 0. The zero-order chi connectivity index (χ0) is 27.1. The van der Waals surface area contributed by atoms with Crippen molar-refractivity contribution < 1.29 is 19.4 Å². The number of aliphatic carboxylic acids is 1. The summed E-state index contributed by atoms with van der Waals surface area (Å²) in [6.45, 7) is 0. The minimum absolute atomic E-state index is 0.0687. The molecule has 0 unspecified atom stereocenters. The van der Waals surface area contributed by atoms with Crippen molar-refractivity contribution in [3.05, 3.63) is 0 Å². The van der Waals surface area contributed by atoms with Gasteiger partial charge in [-0.1, -0.05) is 167 Å². The monoisotopic (exact) mass is 524 g/mol. The molecule has 220 valence electrons. The summed E-state index contributed by atoms with van der Waals surface area (Å²) in [4.78, 5) is 21.5. The number of hydrogen-bond acceptors (Lipinski definition) is 3. The Hall–Kier alpha value is -1.06. The summed E-state index contributed by atoms with van der Waals surface area (Å²) in [5.74, 6) is -0.723. The molecule has 0 saturated carbocycles. The lowest BCUT2D eigenvalue weighted by Gasteiger charge is -2.04. The van der Waals surface area contributed by atoms with Crippen LogP contribution in [0, 0.1) is 0 Å². The molecule has 0 rings (SSSR count). The minimum atomic E-state index is -0.655. The lowest BCUT2D eigenvalue weighted by molar-refractivity contribution is -0.141. The fraction of sp³-hybridized carbons (Fsp3) is 0.939. The summed E-state index contributed by atoms with van der Waals surface area (Å²) in [7, 11) is 1.47. The van der Waals surface area contributed by atoms with Gasteiger partial charge in [-0.3, -0.25) is 9.59 Å². The van der Waals surface area contributed by atoms with Crippen molar-refractivity contribution in [2.24, 2.45) is 0 Å². The lowest BCUT2D eigenvalue weighted by Crippen LogP contribution is -1.99. The van der Waals surface area contributed by atoms with E-state index < -0.39 is 5.97 Å². The molecule has 0 aromatic carbocycles. The molecule has 0 aliphatic heterocycles. The zero-order valence-electron chi connectivity index (χ0n) is 24.9. The van der Waals surface area contributed by atoms with E-state index >= 15 is 0 Å². The molecule has 0 bridgehead atoms. The van der Waals surface area contributed by atoms with Crippen LogP contribution >= 0.6 is 0 Å². The molecule has 1 N–H and O–H groups in total. The minimum Gasteiger partial charge on any atom is -0.481 e. The first kappa shape index (κ1) is 35.9. The van der Waals surface area contributed by atoms with Crippen molar-refractivity contribution in [1.29, 1.82) is 0 Å². The number of carbonyl (C=O) groups is 2. The molecule has 37 heavy (non-hydrogen) atoms. The predicted molar refractivity (Wildman–Crippen MR) is 158 cm³/mol. The molecular formula is C33H64O4. The van der Waals surface area contributed by atoms with E-state index in [4.69, 9.17) is 5.11 Å². The second kappa shape index (κ2) is 31.2. The first-order valence-electron chi connectivity index (χ1n) is 16.5. The van der Waals surface area contributed by atoms with Crippen LogP contribution in [-0.2, 0) is 14.3 Å². The van der Waals surface area contributed by atoms with E-state index in [0.29, 0.717) is 12.8 Å².